The van der Waals surface area contributed by atoms with E-state index in [2.05, 4.69) is 9.47 Å². The highest BCUT2D eigenvalue weighted by Crippen LogP contribution is 2.28. The van der Waals surface area contributed by atoms with Crippen molar-refractivity contribution in [1.82, 2.24) is 0 Å². The molecule has 0 aromatic carbocycles. The Labute approximate surface area is 137 Å². The van der Waals surface area contributed by atoms with Crippen molar-refractivity contribution in [3.63, 3.8) is 0 Å². The molecule has 0 fully saturated rings. The predicted octanol–water partition coefficient (Wildman–Crippen LogP) is 0.889. The van der Waals surface area contributed by atoms with E-state index in [0.717, 1.165) is 0 Å². The first kappa shape index (κ1) is 22.4. The Hall–Kier alpha value is -2.62. The van der Waals surface area contributed by atoms with Crippen LogP contribution in [0.2, 0.25) is 0 Å². The number of hydrogen-bond donors (Lipinski definition) is 0. The smallest absolute Gasteiger partial charge is 0.331 e. The molecule has 0 saturated carbocycles. The zero-order valence-electron chi connectivity index (χ0n) is 13.0. The number of rotatable bonds is 12. The lowest BCUT2D eigenvalue weighted by atomic mass is 10.1. The molecule has 0 aliphatic carbocycles. The highest BCUT2D eigenvalue weighted by atomic mass is 19.2. The van der Waals surface area contributed by atoms with Gasteiger partial charge >= 0.3 is 11.8 Å². The molecule has 0 saturated heterocycles. The van der Waals surface area contributed by atoms with Crippen LogP contribution in [-0.4, -0.2) is 50.5 Å². The van der Waals surface area contributed by atoms with Crippen molar-refractivity contribution in [1.29, 1.82) is 0 Å². The Bertz CT molecular complexity index is 483. The molecule has 0 aromatic heterocycles. The highest BCUT2D eigenvalue weighted by Gasteiger charge is 2.62. The van der Waals surface area contributed by atoms with E-state index in [0.29, 0.717) is 0 Å². The van der Waals surface area contributed by atoms with Crippen LogP contribution in [0.5, 0.6) is 0 Å². The van der Waals surface area contributed by atoms with Crippen LogP contribution in [0.25, 0.3) is 0 Å². The van der Waals surface area contributed by atoms with Gasteiger partial charge in [0.1, 0.15) is 19.7 Å². The van der Waals surface area contributed by atoms with E-state index in [1.54, 1.807) is 0 Å². The molecule has 16 heteroatoms. The summed E-state index contributed by atoms with van der Waals surface area (Å²) in [5, 5.41) is 41.9. The monoisotopic (exact) mass is 376 g/mol. The molecule has 0 N–H and O–H groups in total. The third kappa shape index (κ3) is 4.69. The summed E-state index contributed by atoms with van der Waals surface area (Å²) in [5.41, 5.74) is 0. The van der Waals surface area contributed by atoms with Gasteiger partial charge in [-0.05, 0) is 12.8 Å². The summed E-state index contributed by atoms with van der Waals surface area (Å²) in [6, 6.07) is 0. The van der Waals surface area contributed by atoms with Crippen molar-refractivity contribution < 1.29 is 37.9 Å². The van der Waals surface area contributed by atoms with Gasteiger partial charge in [-0.2, -0.15) is 0 Å². The van der Waals surface area contributed by atoms with E-state index in [1.807, 2.05) is 0 Å². The molecule has 0 aliphatic rings. The minimum atomic E-state index is -4.25. The number of ether oxygens (including phenoxy) is 2. The summed E-state index contributed by atoms with van der Waals surface area (Å²) in [6.45, 7) is -1.02. The van der Waals surface area contributed by atoms with Gasteiger partial charge in [-0.1, -0.05) is 22.6 Å². The summed E-state index contributed by atoms with van der Waals surface area (Å²) in [6.07, 6.45) is -0.666. The van der Waals surface area contributed by atoms with Gasteiger partial charge in [-0.15, -0.1) is 0 Å². The second kappa shape index (κ2) is 7.97. The molecular weight excluding hydrogens is 362 g/mol. The third-order valence-electron chi connectivity index (χ3n) is 3.23. The van der Waals surface area contributed by atoms with E-state index < -0.39 is 50.5 Å². The number of halogens is 2. The van der Waals surface area contributed by atoms with Crippen molar-refractivity contribution in [2.75, 3.05) is 13.2 Å². The molecule has 0 rings (SSSR count). The average molecular weight is 376 g/mol. The lowest BCUT2D eigenvalue weighted by molar-refractivity contribution is -0.837. The molecule has 144 valence electrons. The second-order valence-electron chi connectivity index (χ2n) is 4.66. The summed E-state index contributed by atoms with van der Waals surface area (Å²) >= 11 is 0. The first-order valence-corrected chi connectivity index (χ1v) is 6.55. The van der Waals surface area contributed by atoms with Crippen molar-refractivity contribution in [3.05, 3.63) is 40.5 Å². The Morgan fingerprint density at radius 1 is 0.720 bits per heavy atom. The van der Waals surface area contributed by atoms with E-state index in [9.17, 15) is 49.2 Å². The Balaban J connectivity index is 5.38. The van der Waals surface area contributed by atoms with E-state index in [4.69, 9.17) is 0 Å². The molecular formula is C9H14F2N4O10. The highest BCUT2D eigenvalue weighted by molar-refractivity contribution is 4.69. The summed E-state index contributed by atoms with van der Waals surface area (Å²) < 4.78 is 36.8. The van der Waals surface area contributed by atoms with Crippen LogP contribution < -0.4 is 0 Å². The largest absolute Gasteiger partial charge is 0.637 e. The fourth-order valence-electron chi connectivity index (χ4n) is 1.49. The van der Waals surface area contributed by atoms with Crippen LogP contribution >= 0.6 is 0 Å². The van der Waals surface area contributed by atoms with Crippen molar-refractivity contribution in [2.24, 2.45) is 0 Å². The molecule has 0 aliphatic heterocycles. The number of nitrogens with zero attached hydrogens (tertiary/aromatic N) is 4. The molecule has 0 amide bonds. The van der Waals surface area contributed by atoms with Gasteiger partial charge in [0.2, 0.25) is 13.2 Å². The van der Waals surface area contributed by atoms with Crippen molar-refractivity contribution in [2.45, 2.75) is 44.3 Å². The first-order chi connectivity index (χ1) is 11.3. The van der Waals surface area contributed by atoms with Crippen molar-refractivity contribution in [3.8, 4) is 0 Å². The predicted molar refractivity (Wildman–Crippen MR) is 70.9 cm³/mol. The second-order valence-corrected chi connectivity index (χ2v) is 4.66. The van der Waals surface area contributed by atoms with Crippen LogP contribution in [0.3, 0.4) is 0 Å². The standard InChI is InChI=1S/C9H14F2N4O10/c1-3-7(4-2,24-5-8(10,12(16)17)13(18)19)25-6-9(11,14(20)21)15(22)23/h3-6H2,1-2H3. The van der Waals surface area contributed by atoms with Crippen LogP contribution in [0.4, 0.5) is 8.78 Å². The molecule has 25 heavy (non-hydrogen) atoms. The minimum absolute atomic E-state index is 0.333. The molecule has 0 radical (unpaired) electrons. The fourth-order valence-corrected chi connectivity index (χ4v) is 1.49. The minimum Gasteiger partial charge on any atom is -0.331 e. The molecule has 0 spiro atoms. The van der Waals surface area contributed by atoms with Crippen LogP contribution in [0.15, 0.2) is 0 Å². The first-order valence-electron chi connectivity index (χ1n) is 6.55. The van der Waals surface area contributed by atoms with Crippen molar-refractivity contribution >= 4 is 0 Å². The lowest BCUT2D eigenvalue weighted by Crippen LogP contribution is -2.52. The maximum atomic E-state index is 13.7. The van der Waals surface area contributed by atoms with Crippen LogP contribution in [0, 0.1) is 40.5 Å². The number of nitro groups is 4. The van der Waals surface area contributed by atoms with E-state index in [-0.39, 0.29) is 12.8 Å². The number of hydrogen-bond acceptors (Lipinski definition) is 10. The molecule has 0 heterocycles. The topological polar surface area (TPSA) is 191 Å². The van der Waals surface area contributed by atoms with Gasteiger partial charge in [0.05, 0.1) is 0 Å². The number of alkyl halides is 2. The summed E-state index contributed by atoms with van der Waals surface area (Å²) in [5.74, 6) is -10.7. The molecule has 0 atom stereocenters. The maximum absolute atomic E-state index is 13.7. The van der Waals surface area contributed by atoms with Crippen LogP contribution in [-0.2, 0) is 9.47 Å². The van der Waals surface area contributed by atoms with E-state index in [1.165, 1.54) is 13.8 Å². The Morgan fingerprint density at radius 3 is 1.12 bits per heavy atom. The lowest BCUT2D eigenvalue weighted by Gasteiger charge is -2.31. The average Bonchev–Trinajstić information content (AvgIpc) is 2.54. The fraction of sp³-hybridized carbons (Fsp3) is 1.00. The summed E-state index contributed by atoms with van der Waals surface area (Å²) in [7, 11) is 0. The van der Waals surface area contributed by atoms with Gasteiger partial charge in [0, 0.05) is 0 Å². The molecule has 0 unspecified atom stereocenters. The normalized spacial score (nSPS) is 12.6. The molecule has 0 bridgehead atoms. The van der Waals surface area contributed by atoms with E-state index >= 15 is 0 Å². The molecule has 14 nitrogen and oxygen atoms in total. The Morgan fingerprint density at radius 2 is 0.960 bits per heavy atom. The Kier molecular flexibility index (Phi) is 7.13. The zero-order valence-corrected chi connectivity index (χ0v) is 13.0. The van der Waals surface area contributed by atoms with Gasteiger partial charge in [-0.25, -0.2) is 0 Å². The zero-order chi connectivity index (χ0) is 20.1. The third-order valence-corrected chi connectivity index (χ3v) is 3.23. The SMILES string of the molecule is CCC(CC)(OCC(F)([N+](=O)[O-])[N+](=O)[O-])OCC(F)([N+](=O)[O-])[N+](=O)[O-]. The van der Waals surface area contributed by atoms with Gasteiger partial charge < -0.3 is 9.47 Å². The summed E-state index contributed by atoms with van der Waals surface area (Å²) in [4.78, 5) is 34.4. The quantitative estimate of drug-likeness (QED) is 0.204. The van der Waals surface area contributed by atoms with Gasteiger partial charge in [0.25, 0.3) is 0 Å². The van der Waals surface area contributed by atoms with Crippen LogP contribution in [0.1, 0.15) is 26.7 Å². The van der Waals surface area contributed by atoms with Gasteiger partial charge in [0.15, 0.2) is 5.79 Å². The molecule has 0 aromatic rings. The maximum Gasteiger partial charge on any atom is 0.637 e. The van der Waals surface area contributed by atoms with Gasteiger partial charge in [-0.3, -0.25) is 40.5 Å².